The van der Waals surface area contributed by atoms with Gasteiger partial charge < -0.3 is 4.74 Å². The van der Waals surface area contributed by atoms with Crippen LogP contribution in [0.15, 0.2) is 35.2 Å². The van der Waals surface area contributed by atoms with Gasteiger partial charge in [-0.1, -0.05) is 18.2 Å². The lowest BCUT2D eigenvalue weighted by atomic mass is 10.4. The number of thiol groups is 1. The van der Waals surface area contributed by atoms with Crippen molar-refractivity contribution >= 4 is 24.4 Å². The average Bonchev–Trinajstić information content (AvgIpc) is 2.19. The molecular weight excluding hydrogens is 200 g/mol. The maximum absolute atomic E-state index is 5.31. The van der Waals surface area contributed by atoms with Crippen molar-refractivity contribution in [2.24, 2.45) is 0 Å². The van der Waals surface area contributed by atoms with Gasteiger partial charge in [-0.25, -0.2) is 0 Å². The second-order valence-corrected chi connectivity index (χ2v) is 4.11. The summed E-state index contributed by atoms with van der Waals surface area (Å²) in [5.74, 6) is 1.81. The van der Waals surface area contributed by atoms with Crippen molar-refractivity contribution in [3.63, 3.8) is 0 Å². The maximum atomic E-state index is 5.31. The van der Waals surface area contributed by atoms with Crippen LogP contribution < -0.4 is 0 Å². The van der Waals surface area contributed by atoms with E-state index in [0.29, 0.717) is 0 Å². The third-order valence-corrected chi connectivity index (χ3v) is 2.63. The van der Waals surface area contributed by atoms with E-state index in [0.717, 1.165) is 24.7 Å². The van der Waals surface area contributed by atoms with Crippen LogP contribution in [0.2, 0.25) is 0 Å². The first kappa shape index (κ1) is 11.0. The fourth-order valence-electron chi connectivity index (χ4n) is 0.902. The van der Waals surface area contributed by atoms with Crippen LogP contribution >= 0.6 is 24.4 Å². The van der Waals surface area contributed by atoms with Gasteiger partial charge in [-0.3, -0.25) is 0 Å². The van der Waals surface area contributed by atoms with Gasteiger partial charge in [-0.2, -0.15) is 12.6 Å². The Hall–Kier alpha value is -0.120. The molecule has 0 atom stereocenters. The molecule has 0 aromatic heterocycles. The molecule has 0 unspecified atom stereocenters. The van der Waals surface area contributed by atoms with Gasteiger partial charge in [0.1, 0.15) is 0 Å². The smallest absolute Gasteiger partial charge is 0.0560 e. The highest BCUT2D eigenvalue weighted by Gasteiger charge is 1.91. The highest BCUT2D eigenvalue weighted by Crippen LogP contribution is 2.16. The molecule has 1 aromatic carbocycles. The Morgan fingerprint density at radius 2 is 1.92 bits per heavy atom. The lowest BCUT2D eigenvalue weighted by molar-refractivity contribution is 0.167. The zero-order valence-corrected chi connectivity index (χ0v) is 9.19. The predicted octanol–water partition coefficient (Wildman–Crippen LogP) is 2.73. The van der Waals surface area contributed by atoms with Gasteiger partial charge in [-0.15, -0.1) is 11.8 Å². The molecule has 0 saturated carbocycles. The number of benzene rings is 1. The van der Waals surface area contributed by atoms with E-state index < -0.39 is 0 Å². The van der Waals surface area contributed by atoms with Crippen LogP contribution in [-0.2, 0) is 4.74 Å². The highest BCUT2D eigenvalue weighted by atomic mass is 32.2. The normalized spacial score (nSPS) is 10.2. The summed E-state index contributed by atoms with van der Waals surface area (Å²) in [6.45, 7) is 1.55. The lowest BCUT2D eigenvalue weighted by Crippen LogP contribution is -1.99. The number of thioether (sulfide) groups is 1. The van der Waals surface area contributed by atoms with Gasteiger partial charge >= 0.3 is 0 Å². The van der Waals surface area contributed by atoms with Crippen molar-refractivity contribution in [2.45, 2.75) is 4.90 Å². The van der Waals surface area contributed by atoms with E-state index in [9.17, 15) is 0 Å². The first-order valence-corrected chi connectivity index (χ1v) is 5.92. The van der Waals surface area contributed by atoms with Crippen molar-refractivity contribution < 1.29 is 4.74 Å². The summed E-state index contributed by atoms with van der Waals surface area (Å²) in [5, 5.41) is 0. The van der Waals surface area contributed by atoms with Gasteiger partial charge in [0.15, 0.2) is 0 Å². The van der Waals surface area contributed by atoms with Crippen LogP contribution in [0.1, 0.15) is 0 Å². The zero-order valence-electron chi connectivity index (χ0n) is 7.48. The monoisotopic (exact) mass is 214 g/mol. The van der Waals surface area contributed by atoms with E-state index in [-0.39, 0.29) is 0 Å². The Morgan fingerprint density at radius 3 is 2.62 bits per heavy atom. The SMILES string of the molecule is SCCOCCSc1ccccc1. The molecule has 0 spiro atoms. The average molecular weight is 214 g/mol. The van der Waals surface area contributed by atoms with Crippen molar-refractivity contribution in [2.75, 3.05) is 24.7 Å². The molecule has 1 rings (SSSR count). The van der Waals surface area contributed by atoms with Gasteiger partial charge in [0.2, 0.25) is 0 Å². The molecule has 0 bridgehead atoms. The van der Waals surface area contributed by atoms with Crippen LogP contribution in [0, 0.1) is 0 Å². The minimum Gasteiger partial charge on any atom is -0.380 e. The number of rotatable bonds is 6. The molecule has 1 nitrogen and oxygen atoms in total. The summed E-state index contributed by atoms with van der Waals surface area (Å²) in [4.78, 5) is 1.30. The molecule has 0 aliphatic rings. The van der Waals surface area contributed by atoms with Gasteiger partial charge in [0, 0.05) is 16.4 Å². The third-order valence-electron chi connectivity index (χ3n) is 1.48. The number of ether oxygens (including phenoxy) is 1. The van der Waals surface area contributed by atoms with Crippen molar-refractivity contribution in [1.82, 2.24) is 0 Å². The van der Waals surface area contributed by atoms with Crippen molar-refractivity contribution in [1.29, 1.82) is 0 Å². The van der Waals surface area contributed by atoms with Gasteiger partial charge in [0.05, 0.1) is 13.2 Å². The minimum absolute atomic E-state index is 0.748. The zero-order chi connectivity index (χ0) is 9.36. The quantitative estimate of drug-likeness (QED) is 0.443. The van der Waals surface area contributed by atoms with Crippen LogP contribution in [0.25, 0.3) is 0 Å². The van der Waals surface area contributed by atoms with Crippen molar-refractivity contribution in [3.05, 3.63) is 30.3 Å². The van der Waals surface area contributed by atoms with Crippen LogP contribution in [-0.4, -0.2) is 24.7 Å². The highest BCUT2D eigenvalue weighted by molar-refractivity contribution is 7.99. The molecule has 0 amide bonds. The summed E-state index contributed by atoms with van der Waals surface area (Å²) in [6.07, 6.45) is 0. The Balaban J connectivity index is 2.07. The molecule has 0 aliphatic carbocycles. The van der Waals surface area contributed by atoms with E-state index in [2.05, 4.69) is 36.9 Å². The van der Waals surface area contributed by atoms with Gasteiger partial charge in [0.25, 0.3) is 0 Å². The van der Waals surface area contributed by atoms with E-state index >= 15 is 0 Å². The Labute approximate surface area is 89.3 Å². The molecule has 0 fully saturated rings. The van der Waals surface area contributed by atoms with E-state index in [1.165, 1.54) is 4.90 Å². The molecule has 0 aliphatic heterocycles. The van der Waals surface area contributed by atoms with Gasteiger partial charge in [-0.05, 0) is 12.1 Å². The topological polar surface area (TPSA) is 9.23 Å². The third kappa shape index (κ3) is 5.24. The number of hydrogen-bond acceptors (Lipinski definition) is 3. The molecule has 72 valence electrons. The number of hydrogen-bond donors (Lipinski definition) is 1. The summed E-state index contributed by atoms with van der Waals surface area (Å²) in [5.41, 5.74) is 0. The first-order valence-electron chi connectivity index (χ1n) is 4.30. The fourth-order valence-corrected chi connectivity index (χ4v) is 1.82. The van der Waals surface area contributed by atoms with Crippen LogP contribution in [0.5, 0.6) is 0 Å². The van der Waals surface area contributed by atoms with E-state index in [1.54, 1.807) is 0 Å². The summed E-state index contributed by atoms with van der Waals surface area (Å²) in [7, 11) is 0. The maximum Gasteiger partial charge on any atom is 0.0560 e. The molecule has 1 aromatic rings. The van der Waals surface area contributed by atoms with Crippen molar-refractivity contribution in [3.8, 4) is 0 Å². The summed E-state index contributed by atoms with van der Waals surface area (Å²) < 4.78 is 5.31. The minimum atomic E-state index is 0.748. The second kappa shape index (κ2) is 7.30. The molecule has 0 heterocycles. The van der Waals surface area contributed by atoms with E-state index in [1.807, 2.05) is 17.8 Å². The predicted molar refractivity (Wildman–Crippen MR) is 61.8 cm³/mol. The first-order chi connectivity index (χ1) is 6.43. The lowest BCUT2D eigenvalue weighted by Gasteiger charge is -2.01. The van der Waals surface area contributed by atoms with Crippen LogP contribution in [0.3, 0.4) is 0 Å². The second-order valence-electron chi connectivity index (χ2n) is 2.50. The summed E-state index contributed by atoms with van der Waals surface area (Å²) >= 11 is 5.88. The molecule has 13 heavy (non-hydrogen) atoms. The summed E-state index contributed by atoms with van der Waals surface area (Å²) in [6, 6.07) is 10.4. The standard InChI is InChI=1S/C10H14OS2/c12-8-6-11-7-9-13-10-4-2-1-3-5-10/h1-5,12H,6-9H2. The Bertz CT molecular complexity index is 213. The van der Waals surface area contributed by atoms with E-state index in [4.69, 9.17) is 4.74 Å². The molecule has 0 N–H and O–H groups in total. The van der Waals surface area contributed by atoms with Crippen LogP contribution in [0.4, 0.5) is 0 Å². The fraction of sp³-hybridized carbons (Fsp3) is 0.400. The Morgan fingerprint density at radius 1 is 1.15 bits per heavy atom. The molecule has 0 radical (unpaired) electrons. The Kier molecular flexibility index (Phi) is 6.15. The largest absolute Gasteiger partial charge is 0.380 e. The molecule has 3 heteroatoms. The molecule has 0 saturated heterocycles. The molecular formula is C10H14OS2.